The van der Waals surface area contributed by atoms with E-state index in [0.29, 0.717) is 12.1 Å². The van der Waals surface area contributed by atoms with Crippen molar-refractivity contribution in [1.82, 2.24) is 4.90 Å². The van der Waals surface area contributed by atoms with E-state index in [9.17, 15) is 0 Å². The van der Waals surface area contributed by atoms with E-state index in [1.807, 2.05) is 0 Å². The van der Waals surface area contributed by atoms with Crippen LogP contribution in [0.3, 0.4) is 0 Å². The third-order valence-corrected chi connectivity index (χ3v) is 8.09. The molecule has 23 heavy (non-hydrogen) atoms. The molecule has 0 aromatic carbocycles. The van der Waals surface area contributed by atoms with Gasteiger partial charge in [-0.1, -0.05) is 72.0 Å². The van der Waals surface area contributed by atoms with Crippen LogP contribution in [0.25, 0.3) is 0 Å². The Morgan fingerprint density at radius 2 is 1.26 bits per heavy atom. The molecular weight excluding hydrogens is 289 g/mol. The Morgan fingerprint density at radius 1 is 0.783 bits per heavy atom. The molecule has 3 heteroatoms. The monoisotopic (exact) mass is 335 g/mol. The van der Waals surface area contributed by atoms with E-state index in [1.165, 1.54) is 44.9 Å². The van der Waals surface area contributed by atoms with Crippen LogP contribution in [0.15, 0.2) is 0 Å². The van der Waals surface area contributed by atoms with E-state index in [0.717, 1.165) is 11.6 Å². The van der Waals surface area contributed by atoms with Crippen LogP contribution in [-0.2, 0) is 0 Å². The second kappa shape index (κ2) is 13.0. The summed E-state index contributed by atoms with van der Waals surface area (Å²) in [5, 5.41) is 0. The standard InChI is InChI=1S/C20H45NSi.Li.H/c1-10-12-13-14-15-16-20(22(7,8)9)19(11-2)21(17(3)4)18(5)6;;/h17-20H,10-16H2,1-9H3;;. The number of rotatable bonds is 12. The molecule has 0 saturated heterocycles. The molecular formula is C20H46LiNSi. The van der Waals surface area contributed by atoms with Crippen LogP contribution in [0.1, 0.15) is 86.5 Å². The van der Waals surface area contributed by atoms with Crippen molar-refractivity contribution in [3.8, 4) is 0 Å². The zero-order valence-electron chi connectivity index (χ0n) is 17.2. The summed E-state index contributed by atoms with van der Waals surface area (Å²) in [4.78, 5) is 2.80. The molecule has 0 spiro atoms. The Bertz CT molecular complexity index is 265. The molecule has 2 atom stereocenters. The van der Waals surface area contributed by atoms with Gasteiger partial charge >= 0.3 is 18.9 Å². The van der Waals surface area contributed by atoms with Gasteiger partial charge in [-0.2, -0.15) is 0 Å². The van der Waals surface area contributed by atoms with Crippen LogP contribution in [0.2, 0.25) is 25.2 Å². The molecule has 0 fully saturated rings. The van der Waals surface area contributed by atoms with Gasteiger partial charge in [-0.3, -0.25) is 4.90 Å². The first-order chi connectivity index (χ1) is 10.2. The molecule has 0 rings (SSSR count). The van der Waals surface area contributed by atoms with E-state index >= 15 is 0 Å². The van der Waals surface area contributed by atoms with Crippen molar-refractivity contribution in [1.29, 1.82) is 0 Å². The fourth-order valence-electron chi connectivity index (χ4n) is 4.24. The maximum absolute atomic E-state index is 2.80. The van der Waals surface area contributed by atoms with E-state index in [-0.39, 0.29) is 18.9 Å². The Kier molecular flexibility index (Phi) is 14.7. The summed E-state index contributed by atoms with van der Waals surface area (Å²) in [5.74, 6) is 0. The first kappa shape index (κ1) is 26.0. The number of nitrogens with zero attached hydrogens (tertiary/aromatic N) is 1. The minimum atomic E-state index is -1.14. The third kappa shape index (κ3) is 9.74. The van der Waals surface area contributed by atoms with Gasteiger partial charge in [0.1, 0.15) is 0 Å². The second-order valence-electron chi connectivity index (χ2n) is 8.79. The van der Waals surface area contributed by atoms with Crippen LogP contribution < -0.4 is 0 Å². The van der Waals surface area contributed by atoms with E-state index in [2.05, 4.69) is 66.1 Å². The minimum absolute atomic E-state index is 0. The predicted octanol–water partition coefficient (Wildman–Crippen LogP) is 6.30. The fourth-order valence-corrected chi connectivity index (χ4v) is 6.87. The SMILES string of the molecule is CCCCCCCC(C(CC)N(C(C)C)C(C)C)[Si](C)(C)C.[LiH]. The van der Waals surface area contributed by atoms with Crippen LogP contribution in [0.4, 0.5) is 0 Å². The van der Waals surface area contributed by atoms with Crippen LogP contribution in [0, 0.1) is 0 Å². The van der Waals surface area contributed by atoms with Crippen LogP contribution >= 0.6 is 0 Å². The summed E-state index contributed by atoms with van der Waals surface area (Å²) in [6, 6.07) is 2.09. The Balaban J connectivity index is 0. The van der Waals surface area contributed by atoms with Crippen molar-refractivity contribution in [3.63, 3.8) is 0 Å². The summed E-state index contributed by atoms with van der Waals surface area (Å²) in [6.07, 6.45) is 9.84. The van der Waals surface area contributed by atoms with Crippen molar-refractivity contribution in [2.45, 2.75) is 130 Å². The molecule has 0 aromatic rings. The van der Waals surface area contributed by atoms with Gasteiger partial charge in [0.15, 0.2) is 0 Å². The number of hydrogen-bond donors (Lipinski definition) is 0. The Labute approximate surface area is 161 Å². The van der Waals surface area contributed by atoms with Crippen LogP contribution in [-0.4, -0.2) is 50.0 Å². The molecule has 0 saturated carbocycles. The first-order valence-electron chi connectivity index (χ1n) is 9.94. The molecule has 1 nitrogen and oxygen atoms in total. The summed E-state index contributed by atoms with van der Waals surface area (Å²) in [6.45, 7) is 22.0. The zero-order valence-corrected chi connectivity index (χ0v) is 18.2. The van der Waals surface area contributed by atoms with Gasteiger partial charge in [-0.05, 0) is 39.7 Å². The van der Waals surface area contributed by atoms with Gasteiger partial charge in [-0.25, -0.2) is 0 Å². The van der Waals surface area contributed by atoms with Gasteiger partial charge in [0.25, 0.3) is 0 Å². The zero-order chi connectivity index (χ0) is 17.3. The predicted molar refractivity (Wildman–Crippen MR) is 114 cm³/mol. The summed E-state index contributed by atoms with van der Waals surface area (Å²) < 4.78 is 0. The first-order valence-corrected chi connectivity index (χ1v) is 13.5. The molecule has 0 aliphatic heterocycles. The van der Waals surface area contributed by atoms with E-state index < -0.39 is 8.07 Å². The molecule has 0 heterocycles. The van der Waals surface area contributed by atoms with Crippen molar-refractivity contribution in [2.75, 3.05) is 0 Å². The summed E-state index contributed by atoms with van der Waals surface area (Å²) in [5.41, 5.74) is 0.934. The van der Waals surface area contributed by atoms with Crippen LogP contribution in [0.5, 0.6) is 0 Å². The molecule has 2 unspecified atom stereocenters. The molecule has 0 amide bonds. The molecule has 0 N–H and O–H groups in total. The van der Waals surface area contributed by atoms with E-state index in [4.69, 9.17) is 0 Å². The second-order valence-corrected chi connectivity index (χ2v) is 14.3. The van der Waals surface area contributed by atoms with Gasteiger partial charge in [0.05, 0.1) is 0 Å². The molecule has 0 bridgehead atoms. The Morgan fingerprint density at radius 3 is 1.61 bits per heavy atom. The van der Waals surface area contributed by atoms with Gasteiger partial charge in [-0.15, -0.1) is 0 Å². The molecule has 0 radical (unpaired) electrons. The molecule has 136 valence electrons. The van der Waals surface area contributed by atoms with Gasteiger partial charge < -0.3 is 0 Å². The van der Waals surface area contributed by atoms with Gasteiger partial charge in [0.2, 0.25) is 0 Å². The average molecular weight is 336 g/mol. The number of unbranched alkanes of at least 4 members (excludes halogenated alkanes) is 4. The van der Waals surface area contributed by atoms with Crippen molar-refractivity contribution in [2.24, 2.45) is 0 Å². The Hall–Kier alpha value is 0.774. The third-order valence-electron chi connectivity index (χ3n) is 5.19. The average Bonchev–Trinajstić information content (AvgIpc) is 2.38. The topological polar surface area (TPSA) is 3.24 Å². The molecule has 0 aromatic heterocycles. The van der Waals surface area contributed by atoms with Crippen molar-refractivity contribution in [3.05, 3.63) is 0 Å². The quantitative estimate of drug-likeness (QED) is 0.298. The van der Waals surface area contributed by atoms with Crippen molar-refractivity contribution < 1.29 is 0 Å². The van der Waals surface area contributed by atoms with Crippen molar-refractivity contribution >= 4 is 26.9 Å². The molecule has 0 aliphatic rings. The number of hydrogen-bond acceptors (Lipinski definition) is 1. The van der Waals surface area contributed by atoms with E-state index in [1.54, 1.807) is 0 Å². The molecule has 0 aliphatic carbocycles. The summed E-state index contributed by atoms with van der Waals surface area (Å²) >= 11 is 0. The van der Waals surface area contributed by atoms with Gasteiger partial charge in [0, 0.05) is 26.2 Å². The fraction of sp³-hybridized carbons (Fsp3) is 1.00. The normalized spacial score (nSPS) is 15.1. The maximum atomic E-state index is 2.80. The summed E-state index contributed by atoms with van der Waals surface area (Å²) in [7, 11) is -1.14.